The molecule has 0 heterocycles. The zero-order valence-electron chi connectivity index (χ0n) is 15.0. The number of benzene rings is 1. The van der Waals surface area contributed by atoms with E-state index in [9.17, 15) is 30.1 Å². The molecule has 0 fully saturated rings. The van der Waals surface area contributed by atoms with Gasteiger partial charge < -0.3 is 5.11 Å². The van der Waals surface area contributed by atoms with Gasteiger partial charge in [-0.15, -0.1) is 0 Å². The van der Waals surface area contributed by atoms with Crippen LogP contribution in [0.2, 0.25) is 0 Å². The fourth-order valence-corrected chi connectivity index (χ4v) is 3.10. The van der Waals surface area contributed by atoms with Crippen LogP contribution in [-0.4, -0.2) is 20.9 Å². The minimum absolute atomic E-state index is 0.252. The van der Waals surface area contributed by atoms with Crippen molar-refractivity contribution in [1.29, 1.82) is 0 Å². The summed E-state index contributed by atoms with van der Waals surface area (Å²) in [7, 11) is 0. The van der Waals surface area contributed by atoms with Crippen molar-refractivity contribution in [1.82, 2.24) is 0 Å². The van der Waals surface area contributed by atoms with E-state index in [2.05, 4.69) is 6.92 Å². The molecule has 142 valence electrons. The lowest BCUT2D eigenvalue weighted by atomic mass is 9.74. The minimum atomic E-state index is -1.91. The molecule has 1 unspecified atom stereocenters. The van der Waals surface area contributed by atoms with Crippen LogP contribution < -0.4 is 0 Å². The minimum Gasteiger partial charge on any atom is -0.473 e. The molecule has 0 aromatic heterocycles. The lowest BCUT2D eigenvalue weighted by Crippen LogP contribution is -2.34. The third kappa shape index (κ3) is 5.11. The van der Waals surface area contributed by atoms with Crippen molar-refractivity contribution < 1.29 is 19.7 Å². The summed E-state index contributed by atoms with van der Waals surface area (Å²) in [6, 6.07) is 8.35. The van der Waals surface area contributed by atoms with E-state index in [4.69, 9.17) is 0 Å². The van der Waals surface area contributed by atoms with Gasteiger partial charge in [-0.25, -0.2) is 4.79 Å². The first-order chi connectivity index (χ1) is 12.3. The van der Waals surface area contributed by atoms with Crippen LogP contribution >= 0.6 is 0 Å². The maximum atomic E-state index is 11.7. The van der Waals surface area contributed by atoms with Crippen LogP contribution in [-0.2, 0) is 10.2 Å². The van der Waals surface area contributed by atoms with Gasteiger partial charge in [0.1, 0.15) is 0 Å². The maximum absolute atomic E-state index is 11.7. The second-order valence-corrected chi connectivity index (χ2v) is 6.38. The molecule has 0 aliphatic carbocycles. The number of carboxylic acid groups (broad SMARTS) is 1. The number of nitrogens with zero attached hydrogens (tertiary/aromatic N) is 2. The van der Waals surface area contributed by atoms with E-state index >= 15 is 0 Å². The van der Waals surface area contributed by atoms with Gasteiger partial charge in [-0.1, -0.05) is 69.4 Å². The Hall–Kier alpha value is -2.77. The Labute approximate surface area is 151 Å². The van der Waals surface area contributed by atoms with Crippen molar-refractivity contribution >= 4 is 5.97 Å². The Morgan fingerprint density at radius 3 is 2.08 bits per heavy atom. The van der Waals surface area contributed by atoms with E-state index in [-0.39, 0.29) is 6.42 Å². The molecule has 0 amide bonds. The van der Waals surface area contributed by atoms with Gasteiger partial charge in [-0.3, -0.25) is 20.2 Å². The molecule has 0 aliphatic heterocycles. The zero-order chi connectivity index (χ0) is 19.7. The SMILES string of the molecule is CCCCCCCC(C)(/C(=C(/C(=O)O)[N+](=O)[O-])[N+](=O)[O-])c1ccccc1. The highest BCUT2D eigenvalue weighted by molar-refractivity contribution is 5.84. The number of nitro groups is 2. The topological polar surface area (TPSA) is 124 Å². The number of carbonyl (C=O) groups is 1. The summed E-state index contributed by atoms with van der Waals surface area (Å²) >= 11 is 0. The number of carboxylic acids is 1. The van der Waals surface area contributed by atoms with Crippen LogP contribution in [0.15, 0.2) is 41.7 Å². The lowest BCUT2D eigenvalue weighted by molar-refractivity contribution is -0.475. The fourth-order valence-electron chi connectivity index (χ4n) is 3.10. The molecular weight excluding hydrogens is 340 g/mol. The standard InChI is InChI=1S/C18H24N2O6/c1-3-4-5-6-10-13-18(2,14-11-8-7-9-12-14)16(20(25)26)15(17(21)22)19(23)24/h7-9,11-12H,3-6,10,13H2,1-2H3,(H,21,22)/b16-15+. The van der Waals surface area contributed by atoms with E-state index < -0.39 is 32.6 Å². The summed E-state index contributed by atoms with van der Waals surface area (Å²) in [5, 5.41) is 32.1. The van der Waals surface area contributed by atoms with Crippen LogP contribution in [0.1, 0.15) is 57.9 Å². The van der Waals surface area contributed by atoms with Crippen LogP contribution in [0.5, 0.6) is 0 Å². The predicted octanol–water partition coefficient (Wildman–Crippen LogP) is 4.15. The van der Waals surface area contributed by atoms with Gasteiger partial charge in [0.2, 0.25) is 0 Å². The largest absolute Gasteiger partial charge is 0.473 e. The first kappa shape index (κ1) is 21.3. The molecule has 0 radical (unpaired) electrons. The Kier molecular flexibility index (Phi) is 7.89. The molecule has 0 saturated heterocycles. The Morgan fingerprint density at radius 2 is 1.62 bits per heavy atom. The van der Waals surface area contributed by atoms with Gasteiger partial charge in [-0.05, 0) is 18.9 Å². The third-order valence-corrected chi connectivity index (χ3v) is 4.51. The van der Waals surface area contributed by atoms with E-state index in [0.29, 0.717) is 12.0 Å². The molecule has 1 atom stereocenters. The molecule has 1 N–H and O–H groups in total. The number of allylic oxidation sites excluding steroid dienone is 1. The highest BCUT2D eigenvalue weighted by Gasteiger charge is 2.49. The second-order valence-electron chi connectivity index (χ2n) is 6.38. The number of unbranched alkanes of at least 4 members (excludes halogenated alkanes) is 4. The van der Waals surface area contributed by atoms with Crippen LogP contribution in [0.4, 0.5) is 0 Å². The molecule has 0 aliphatic rings. The lowest BCUT2D eigenvalue weighted by Gasteiger charge is -2.26. The first-order valence-electron chi connectivity index (χ1n) is 8.58. The Balaban J connectivity index is 3.45. The number of hydrogen-bond acceptors (Lipinski definition) is 5. The molecule has 0 spiro atoms. The van der Waals surface area contributed by atoms with Crippen LogP contribution in [0.3, 0.4) is 0 Å². The summed E-state index contributed by atoms with van der Waals surface area (Å²) in [6.07, 6.45) is 4.72. The van der Waals surface area contributed by atoms with Gasteiger partial charge in [0, 0.05) is 0 Å². The average Bonchev–Trinajstić information content (AvgIpc) is 2.59. The summed E-state index contributed by atoms with van der Waals surface area (Å²) in [5.74, 6) is -1.91. The zero-order valence-corrected chi connectivity index (χ0v) is 15.0. The van der Waals surface area contributed by atoms with Gasteiger partial charge in [0.15, 0.2) is 0 Å². The maximum Gasteiger partial charge on any atom is 0.426 e. The van der Waals surface area contributed by atoms with Crippen molar-refractivity contribution in [3.8, 4) is 0 Å². The van der Waals surface area contributed by atoms with E-state index in [1.807, 2.05) is 0 Å². The summed E-state index contributed by atoms with van der Waals surface area (Å²) in [6.45, 7) is 3.57. The van der Waals surface area contributed by atoms with E-state index in [1.54, 1.807) is 30.3 Å². The van der Waals surface area contributed by atoms with Crippen molar-refractivity contribution in [3.05, 3.63) is 67.5 Å². The van der Waals surface area contributed by atoms with Crippen molar-refractivity contribution in [2.75, 3.05) is 0 Å². The van der Waals surface area contributed by atoms with E-state index in [1.165, 1.54) is 6.92 Å². The molecule has 1 aromatic carbocycles. The van der Waals surface area contributed by atoms with Gasteiger partial charge in [0.05, 0.1) is 15.3 Å². The molecule has 8 nitrogen and oxygen atoms in total. The van der Waals surface area contributed by atoms with Gasteiger partial charge >= 0.3 is 17.4 Å². The highest BCUT2D eigenvalue weighted by Crippen LogP contribution is 2.39. The quantitative estimate of drug-likeness (QED) is 0.272. The Morgan fingerprint density at radius 1 is 1.04 bits per heavy atom. The van der Waals surface area contributed by atoms with Crippen LogP contribution in [0.25, 0.3) is 0 Å². The molecule has 0 saturated carbocycles. The normalized spacial score (nSPS) is 14.2. The monoisotopic (exact) mass is 364 g/mol. The number of hydrogen-bond donors (Lipinski definition) is 1. The molecule has 0 bridgehead atoms. The number of aliphatic carboxylic acids is 1. The smallest absolute Gasteiger partial charge is 0.426 e. The van der Waals surface area contributed by atoms with Gasteiger partial charge in [0.25, 0.3) is 0 Å². The summed E-state index contributed by atoms with van der Waals surface area (Å²) in [4.78, 5) is 32.2. The molecule has 1 aromatic rings. The average molecular weight is 364 g/mol. The van der Waals surface area contributed by atoms with Crippen molar-refractivity contribution in [3.63, 3.8) is 0 Å². The Bertz CT molecular complexity index is 670. The van der Waals surface area contributed by atoms with Crippen molar-refractivity contribution in [2.24, 2.45) is 0 Å². The number of rotatable bonds is 11. The summed E-state index contributed by atoms with van der Waals surface area (Å²) in [5.41, 5.74) is -3.15. The molecule has 26 heavy (non-hydrogen) atoms. The third-order valence-electron chi connectivity index (χ3n) is 4.51. The van der Waals surface area contributed by atoms with Crippen LogP contribution in [0, 0.1) is 20.2 Å². The van der Waals surface area contributed by atoms with Gasteiger partial charge in [-0.2, -0.15) is 0 Å². The predicted molar refractivity (Wildman–Crippen MR) is 95.8 cm³/mol. The summed E-state index contributed by atoms with van der Waals surface area (Å²) < 4.78 is 0. The first-order valence-corrected chi connectivity index (χ1v) is 8.58. The fraction of sp³-hybridized carbons (Fsp3) is 0.500. The second kappa shape index (κ2) is 9.65. The highest BCUT2D eigenvalue weighted by atomic mass is 16.6. The van der Waals surface area contributed by atoms with E-state index in [0.717, 1.165) is 25.7 Å². The molecule has 8 heteroatoms. The molecule has 1 rings (SSSR count). The van der Waals surface area contributed by atoms with Crippen molar-refractivity contribution in [2.45, 2.75) is 57.8 Å². The molecular formula is C18H24N2O6.